The molecule has 2 saturated carbocycles. The molecule has 2 aliphatic carbocycles. The molecule has 1 N–H and O–H groups in total. The van der Waals surface area contributed by atoms with Crippen LogP contribution in [0.3, 0.4) is 0 Å². The van der Waals surface area contributed by atoms with Crippen molar-refractivity contribution in [3.63, 3.8) is 0 Å². The van der Waals surface area contributed by atoms with Crippen LogP contribution < -0.4 is 0 Å². The number of hydrogen-bond donors (Lipinski definition) is 1. The second-order valence-electron chi connectivity index (χ2n) is 10.0. The van der Waals surface area contributed by atoms with Crippen molar-refractivity contribution in [2.75, 3.05) is 6.26 Å². The predicted octanol–water partition coefficient (Wildman–Crippen LogP) is 8.89. The minimum Gasteiger partial charge on any atom is -0.473 e. The van der Waals surface area contributed by atoms with Gasteiger partial charge in [0.15, 0.2) is 0 Å². The van der Waals surface area contributed by atoms with Crippen LogP contribution in [0.5, 0.6) is 0 Å². The Bertz CT molecular complexity index is 438. The van der Waals surface area contributed by atoms with Crippen LogP contribution in [-0.2, 0) is 0 Å². The average Bonchev–Trinajstić information content (AvgIpc) is 2.99. The number of unbranched alkanes of at least 4 members (excludes halogenated alkanes) is 2. The van der Waals surface area contributed by atoms with Gasteiger partial charge >= 0.3 is 5.30 Å². The summed E-state index contributed by atoms with van der Waals surface area (Å²) in [4.78, 5) is 9.33. The highest BCUT2D eigenvalue weighted by Crippen LogP contribution is 2.60. The molecule has 2 nitrogen and oxygen atoms in total. The lowest BCUT2D eigenvalue weighted by molar-refractivity contribution is 0.00902. The van der Waals surface area contributed by atoms with Crippen molar-refractivity contribution in [2.45, 2.75) is 112 Å². The van der Waals surface area contributed by atoms with E-state index in [0.717, 1.165) is 41.4 Å². The lowest BCUT2D eigenvalue weighted by Gasteiger charge is -2.48. The van der Waals surface area contributed by atoms with E-state index in [2.05, 4.69) is 34.6 Å². The summed E-state index contributed by atoms with van der Waals surface area (Å²) in [6, 6.07) is 0. The molecule has 0 saturated heterocycles. The number of thioether (sulfide) groups is 1. The molecular weight excluding hydrogens is 364 g/mol. The van der Waals surface area contributed by atoms with Gasteiger partial charge in [0.1, 0.15) is 0 Å². The van der Waals surface area contributed by atoms with Crippen LogP contribution >= 0.6 is 11.8 Å². The van der Waals surface area contributed by atoms with Crippen molar-refractivity contribution in [1.82, 2.24) is 0 Å². The largest absolute Gasteiger partial charge is 0.473 e. The highest BCUT2D eigenvalue weighted by Gasteiger charge is 2.51. The van der Waals surface area contributed by atoms with Crippen LogP contribution in [0.2, 0.25) is 0 Å². The van der Waals surface area contributed by atoms with E-state index in [4.69, 9.17) is 5.11 Å². The minimum atomic E-state index is -0.829. The van der Waals surface area contributed by atoms with Crippen molar-refractivity contribution >= 4 is 17.1 Å². The SMILES string of the molecule is CCCCCC(C)CCC1C(C)CCC2(C)C(CCC)CCC12.CSC(=O)O. The second kappa shape index (κ2) is 13.2. The van der Waals surface area contributed by atoms with Crippen LogP contribution in [0.15, 0.2) is 0 Å². The summed E-state index contributed by atoms with van der Waals surface area (Å²) >= 11 is 0.796. The molecule has 0 bridgehead atoms. The lowest BCUT2D eigenvalue weighted by Crippen LogP contribution is -2.40. The normalized spacial score (nSPS) is 32.9. The van der Waals surface area contributed by atoms with E-state index in [1.165, 1.54) is 76.9 Å². The third kappa shape index (κ3) is 7.58. The molecule has 2 aliphatic rings. The molecule has 2 rings (SSSR count). The Balaban J connectivity index is 0.000000696. The molecule has 0 spiro atoms. The fourth-order valence-corrected chi connectivity index (χ4v) is 6.26. The van der Waals surface area contributed by atoms with Crippen molar-refractivity contribution in [1.29, 1.82) is 0 Å². The zero-order valence-electron chi connectivity index (χ0n) is 19.6. The number of rotatable bonds is 9. The molecule has 166 valence electrons. The maximum Gasteiger partial charge on any atom is 0.364 e. The quantitative estimate of drug-likeness (QED) is 0.384. The number of carboxylic acid groups (broad SMARTS) is 1. The second-order valence-corrected chi connectivity index (χ2v) is 10.8. The van der Waals surface area contributed by atoms with E-state index in [9.17, 15) is 4.79 Å². The predicted molar refractivity (Wildman–Crippen MR) is 125 cm³/mol. The van der Waals surface area contributed by atoms with E-state index in [-0.39, 0.29) is 0 Å². The van der Waals surface area contributed by atoms with Gasteiger partial charge in [-0.3, -0.25) is 0 Å². The molecule has 2 fully saturated rings. The van der Waals surface area contributed by atoms with Gasteiger partial charge in [0.25, 0.3) is 0 Å². The fourth-order valence-electron chi connectivity index (χ4n) is 6.26. The van der Waals surface area contributed by atoms with E-state index < -0.39 is 5.30 Å². The summed E-state index contributed by atoms with van der Waals surface area (Å²) in [5.74, 6) is 5.05. The van der Waals surface area contributed by atoms with Crippen molar-refractivity contribution < 1.29 is 9.90 Å². The Labute approximate surface area is 180 Å². The molecule has 0 radical (unpaired) electrons. The van der Waals surface area contributed by atoms with Crippen molar-refractivity contribution in [2.24, 2.45) is 35.0 Å². The Hall–Kier alpha value is -0.180. The molecule has 0 heterocycles. The highest BCUT2D eigenvalue weighted by molar-refractivity contribution is 8.12. The molecule has 28 heavy (non-hydrogen) atoms. The molecule has 0 aromatic rings. The summed E-state index contributed by atoms with van der Waals surface area (Å²) in [6.07, 6.45) is 19.2. The average molecular weight is 413 g/mol. The van der Waals surface area contributed by atoms with Crippen LogP contribution in [0.25, 0.3) is 0 Å². The van der Waals surface area contributed by atoms with Gasteiger partial charge in [-0.25, -0.2) is 4.79 Å². The molecule has 6 atom stereocenters. The first-order chi connectivity index (χ1) is 13.3. The van der Waals surface area contributed by atoms with E-state index in [1.807, 2.05) is 0 Å². The van der Waals surface area contributed by atoms with Gasteiger partial charge in [-0.2, -0.15) is 0 Å². The first-order valence-electron chi connectivity index (χ1n) is 12.1. The highest BCUT2D eigenvalue weighted by atomic mass is 32.2. The summed E-state index contributed by atoms with van der Waals surface area (Å²) in [7, 11) is 0. The van der Waals surface area contributed by atoms with Crippen LogP contribution in [0.1, 0.15) is 112 Å². The summed E-state index contributed by atoms with van der Waals surface area (Å²) in [5, 5.41) is 6.86. The zero-order valence-corrected chi connectivity index (χ0v) is 20.5. The minimum absolute atomic E-state index is 0.693. The monoisotopic (exact) mass is 412 g/mol. The van der Waals surface area contributed by atoms with Gasteiger partial charge in [0.2, 0.25) is 0 Å². The van der Waals surface area contributed by atoms with Gasteiger partial charge in [-0.1, -0.05) is 79.6 Å². The first-order valence-corrected chi connectivity index (χ1v) is 13.3. The van der Waals surface area contributed by atoms with Gasteiger partial charge in [0.05, 0.1) is 0 Å². The van der Waals surface area contributed by atoms with Crippen LogP contribution in [0.4, 0.5) is 4.79 Å². The maximum atomic E-state index is 9.33. The Morgan fingerprint density at radius 2 is 1.79 bits per heavy atom. The van der Waals surface area contributed by atoms with Crippen molar-refractivity contribution in [3.05, 3.63) is 0 Å². The molecular formula is C25H48O2S. The lowest BCUT2D eigenvalue weighted by atomic mass is 9.57. The molecule has 0 aromatic heterocycles. The Morgan fingerprint density at radius 1 is 1.11 bits per heavy atom. The number of carbonyl (C=O) groups is 1. The van der Waals surface area contributed by atoms with Crippen molar-refractivity contribution in [3.8, 4) is 0 Å². The van der Waals surface area contributed by atoms with E-state index >= 15 is 0 Å². The van der Waals surface area contributed by atoms with E-state index in [1.54, 1.807) is 6.42 Å². The fraction of sp³-hybridized carbons (Fsp3) is 0.960. The Morgan fingerprint density at radius 3 is 2.36 bits per heavy atom. The smallest absolute Gasteiger partial charge is 0.364 e. The van der Waals surface area contributed by atoms with Gasteiger partial charge in [-0.15, -0.1) is 0 Å². The van der Waals surface area contributed by atoms with Crippen LogP contribution in [0, 0.1) is 35.0 Å². The first kappa shape index (κ1) is 25.9. The summed E-state index contributed by atoms with van der Waals surface area (Å²) in [5.41, 5.74) is 0.693. The summed E-state index contributed by atoms with van der Waals surface area (Å²) in [6.45, 7) is 12.5. The van der Waals surface area contributed by atoms with Gasteiger partial charge < -0.3 is 5.11 Å². The van der Waals surface area contributed by atoms with Gasteiger partial charge in [-0.05, 0) is 85.1 Å². The molecule has 0 aliphatic heterocycles. The number of hydrogen-bond acceptors (Lipinski definition) is 2. The molecule has 6 unspecified atom stereocenters. The summed E-state index contributed by atoms with van der Waals surface area (Å²) < 4.78 is 0. The molecule has 3 heteroatoms. The third-order valence-corrected chi connectivity index (χ3v) is 8.45. The number of fused-ring (bicyclic) bond motifs is 1. The maximum absolute atomic E-state index is 9.33. The standard InChI is InChI=1S/C23H44.C2H4O2S/c1-6-8-9-11-18(3)12-14-21-19(4)16-17-23(5)20(10-7-2)13-15-22(21)23;1-5-2(3)4/h18-22H,6-17H2,1-5H3;1H3,(H,3,4). The molecule has 0 amide bonds. The third-order valence-electron chi connectivity index (χ3n) is 8.10. The van der Waals surface area contributed by atoms with Gasteiger partial charge in [0, 0.05) is 0 Å². The molecule has 0 aromatic carbocycles. The Kier molecular flexibility index (Phi) is 12.2. The topological polar surface area (TPSA) is 37.3 Å². The van der Waals surface area contributed by atoms with E-state index in [0.29, 0.717) is 5.41 Å². The zero-order chi connectivity index (χ0) is 21.2. The van der Waals surface area contributed by atoms with Crippen LogP contribution in [-0.4, -0.2) is 16.7 Å².